The molecule has 0 atom stereocenters. The highest BCUT2D eigenvalue weighted by Crippen LogP contribution is 2.28. The van der Waals surface area contributed by atoms with Gasteiger partial charge in [-0.1, -0.05) is 31.5 Å². The summed E-state index contributed by atoms with van der Waals surface area (Å²) in [5, 5.41) is 1.52. The lowest BCUT2D eigenvalue weighted by atomic mass is 10.1. The van der Waals surface area contributed by atoms with E-state index in [1.54, 1.807) is 36.5 Å². The quantitative estimate of drug-likeness (QED) is 0.453. The standard InChI is InChI=1S/C23H26ClN3O4/c1-14(2)8-9-31-20-7-4-15(10-21(20)30-3)23(29)27-26-22(28)11-16-13-25-19-12-17(24)5-6-18(16)19/h4-7,10,12-14,25H,8-9,11H2,1-3H3,(H,26,28)(H,27,29). The highest BCUT2D eigenvalue weighted by molar-refractivity contribution is 6.31. The average molecular weight is 444 g/mol. The Hall–Kier alpha value is -3.19. The van der Waals surface area contributed by atoms with Crippen LogP contribution in [0.2, 0.25) is 5.02 Å². The van der Waals surface area contributed by atoms with E-state index < -0.39 is 5.91 Å². The number of halogens is 1. The molecule has 8 heteroatoms. The molecule has 0 aliphatic heterocycles. The van der Waals surface area contributed by atoms with Crippen molar-refractivity contribution < 1.29 is 19.1 Å². The maximum absolute atomic E-state index is 12.4. The molecule has 0 fully saturated rings. The molecular weight excluding hydrogens is 418 g/mol. The molecular formula is C23H26ClN3O4. The summed E-state index contributed by atoms with van der Waals surface area (Å²) in [6.07, 6.45) is 2.78. The van der Waals surface area contributed by atoms with E-state index in [1.165, 1.54) is 7.11 Å². The third-order valence-corrected chi connectivity index (χ3v) is 5.01. The summed E-state index contributed by atoms with van der Waals surface area (Å²) >= 11 is 5.98. The van der Waals surface area contributed by atoms with E-state index in [0.717, 1.165) is 22.9 Å². The average Bonchev–Trinajstić information content (AvgIpc) is 3.13. The number of rotatable bonds is 8. The Morgan fingerprint density at radius 3 is 2.65 bits per heavy atom. The summed E-state index contributed by atoms with van der Waals surface area (Å²) in [7, 11) is 1.52. The van der Waals surface area contributed by atoms with E-state index in [1.807, 2.05) is 6.07 Å². The topological polar surface area (TPSA) is 92.5 Å². The molecule has 0 aliphatic carbocycles. The van der Waals surface area contributed by atoms with E-state index >= 15 is 0 Å². The molecule has 1 aromatic heterocycles. The second-order valence-corrected chi connectivity index (χ2v) is 8.02. The fraction of sp³-hybridized carbons (Fsp3) is 0.304. The number of nitrogens with one attached hydrogen (secondary N) is 3. The molecule has 0 bridgehead atoms. The number of ether oxygens (including phenoxy) is 2. The van der Waals surface area contributed by atoms with E-state index in [4.69, 9.17) is 21.1 Å². The van der Waals surface area contributed by atoms with Crippen molar-refractivity contribution in [2.45, 2.75) is 26.7 Å². The summed E-state index contributed by atoms with van der Waals surface area (Å²) in [5.41, 5.74) is 6.87. The number of aromatic nitrogens is 1. The number of carbonyl (C=O) groups is 2. The van der Waals surface area contributed by atoms with Gasteiger partial charge in [0, 0.05) is 27.7 Å². The maximum Gasteiger partial charge on any atom is 0.269 e. The largest absolute Gasteiger partial charge is 0.493 e. The molecule has 3 rings (SSSR count). The third kappa shape index (κ3) is 5.92. The lowest BCUT2D eigenvalue weighted by Gasteiger charge is -2.13. The van der Waals surface area contributed by atoms with E-state index in [2.05, 4.69) is 29.7 Å². The van der Waals surface area contributed by atoms with Gasteiger partial charge in [0.1, 0.15) is 0 Å². The Bertz CT molecular complexity index is 1080. The zero-order valence-corrected chi connectivity index (χ0v) is 18.5. The van der Waals surface area contributed by atoms with Crippen molar-refractivity contribution >= 4 is 34.3 Å². The van der Waals surface area contributed by atoms with Gasteiger partial charge < -0.3 is 14.5 Å². The van der Waals surface area contributed by atoms with Gasteiger partial charge in [0.15, 0.2) is 11.5 Å². The molecule has 0 spiro atoms. The molecule has 164 valence electrons. The molecule has 1 heterocycles. The number of carbonyl (C=O) groups excluding carboxylic acids is 2. The van der Waals surface area contributed by atoms with Crippen LogP contribution >= 0.6 is 11.6 Å². The summed E-state index contributed by atoms with van der Waals surface area (Å²) in [6, 6.07) is 10.3. The molecule has 0 unspecified atom stereocenters. The van der Waals surface area contributed by atoms with Crippen LogP contribution in [0.1, 0.15) is 36.2 Å². The minimum Gasteiger partial charge on any atom is -0.493 e. The Balaban J connectivity index is 1.57. The Morgan fingerprint density at radius 2 is 1.90 bits per heavy atom. The van der Waals surface area contributed by atoms with Crippen molar-refractivity contribution in [3.05, 3.63) is 58.7 Å². The molecule has 0 aliphatic rings. The molecule has 7 nitrogen and oxygen atoms in total. The minimum absolute atomic E-state index is 0.105. The summed E-state index contributed by atoms with van der Waals surface area (Å²) in [5.74, 6) is 0.765. The number of methoxy groups -OCH3 is 1. The SMILES string of the molecule is COc1cc(C(=O)NNC(=O)Cc2c[nH]c3cc(Cl)ccc23)ccc1OCCC(C)C. The van der Waals surface area contributed by atoms with Crippen LogP contribution < -0.4 is 20.3 Å². The second kappa shape index (κ2) is 10.2. The number of benzene rings is 2. The van der Waals surface area contributed by atoms with Gasteiger partial charge >= 0.3 is 0 Å². The second-order valence-electron chi connectivity index (χ2n) is 7.58. The molecule has 2 amide bonds. The van der Waals surface area contributed by atoms with Gasteiger partial charge in [-0.3, -0.25) is 20.4 Å². The van der Waals surface area contributed by atoms with Gasteiger partial charge in [-0.2, -0.15) is 0 Å². The van der Waals surface area contributed by atoms with Crippen LogP contribution in [0, 0.1) is 5.92 Å². The van der Waals surface area contributed by atoms with Crippen molar-refractivity contribution in [1.29, 1.82) is 0 Å². The maximum atomic E-state index is 12.4. The Morgan fingerprint density at radius 1 is 1.10 bits per heavy atom. The van der Waals surface area contributed by atoms with Crippen LogP contribution in [0.3, 0.4) is 0 Å². The Labute approximate surface area is 186 Å². The first-order valence-electron chi connectivity index (χ1n) is 10.0. The zero-order valence-electron chi connectivity index (χ0n) is 17.8. The van der Waals surface area contributed by atoms with Crippen LogP contribution in [0.15, 0.2) is 42.6 Å². The van der Waals surface area contributed by atoms with E-state index in [9.17, 15) is 9.59 Å². The molecule has 0 saturated carbocycles. The number of amides is 2. The highest BCUT2D eigenvalue weighted by Gasteiger charge is 2.14. The lowest BCUT2D eigenvalue weighted by Crippen LogP contribution is -2.42. The summed E-state index contributed by atoms with van der Waals surface area (Å²) in [6.45, 7) is 4.81. The van der Waals surface area contributed by atoms with Gasteiger partial charge in [0.2, 0.25) is 5.91 Å². The molecule has 0 saturated heterocycles. The normalized spacial score (nSPS) is 10.9. The molecule has 3 N–H and O–H groups in total. The van der Waals surface area contributed by atoms with Gasteiger partial charge in [-0.15, -0.1) is 0 Å². The first kappa shape index (κ1) is 22.5. The fourth-order valence-corrected chi connectivity index (χ4v) is 3.23. The van der Waals surface area contributed by atoms with Crippen molar-refractivity contribution in [3.8, 4) is 11.5 Å². The van der Waals surface area contributed by atoms with Crippen molar-refractivity contribution in [3.63, 3.8) is 0 Å². The van der Waals surface area contributed by atoms with Crippen LogP contribution in [-0.2, 0) is 11.2 Å². The van der Waals surface area contributed by atoms with Gasteiger partial charge in [0.25, 0.3) is 5.91 Å². The third-order valence-electron chi connectivity index (χ3n) is 4.77. The fourth-order valence-electron chi connectivity index (χ4n) is 3.05. The zero-order chi connectivity index (χ0) is 22.4. The van der Waals surface area contributed by atoms with Crippen LogP contribution in [-0.4, -0.2) is 30.5 Å². The van der Waals surface area contributed by atoms with Gasteiger partial charge in [-0.25, -0.2) is 0 Å². The molecule has 31 heavy (non-hydrogen) atoms. The monoisotopic (exact) mass is 443 g/mol. The first-order chi connectivity index (χ1) is 14.9. The molecule has 3 aromatic rings. The van der Waals surface area contributed by atoms with Crippen LogP contribution in [0.4, 0.5) is 0 Å². The molecule has 2 aromatic carbocycles. The molecule has 0 radical (unpaired) electrons. The van der Waals surface area contributed by atoms with Crippen LogP contribution in [0.25, 0.3) is 10.9 Å². The number of hydrogen-bond acceptors (Lipinski definition) is 4. The summed E-state index contributed by atoms with van der Waals surface area (Å²) in [4.78, 5) is 27.8. The smallest absolute Gasteiger partial charge is 0.269 e. The Kier molecular flexibility index (Phi) is 7.41. The van der Waals surface area contributed by atoms with Gasteiger partial charge in [-0.05, 0) is 48.2 Å². The van der Waals surface area contributed by atoms with Gasteiger partial charge in [0.05, 0.1) is 20.1 Å². The van der Waals surface area contributed by atoms with Crippen molar-refractivity contribution in [2.24, 2.45) is 5.92 Å². The number of hydrogen-bond donors (Lipinski definition) is 3. The number of aromatic amines is 1. The van der Waals surface area contributed by atoms with Crippen LogP contribution in [0.5, 0.6) is 11.5 Å². The number of fused-ring (bicyclic) bond motifs is 1. The predicted molar refractivity (Wildman–Crippen MR) is 121 cm³/mol. The van der Waals surface area contributed by atoms with E-state index in [-0.39, 0.29) is 12.3 Å². The van der Waals surface area contributed by atoms with E-state index in [0.29, 0.717) is 34.6 Å². The predicted octanol–water partition coefficient (Wildman–Crippen LogP) is 4.26. The number of hydrazine groups is 1. The summed E-state index contributed by atoms with van der Waals surface area (Å²) < 4.78 is 11.1. The lowest BCUT2D eigenvalue weighted by molar-refractivity contribution is -0.121. The first-order valence-corrected chi connectivity index (χ1v) is 10.4. The highest BCUT2D eigenvalue weighted by atomic mass is 35.5. The minimum atomic E-state index is -0.453. The number of H-pyrrole nitrogens is 1. The van der Waals surface area contributed by atoms with Crippen molar-refractivity contribution in [1.82, 2.24) is 15.8 Å². The van der Waals surface area contributed by atoms with Crippen molar-refractivity contribution in [2.75, 3.05) is 13.7 Å².